The molecule has 2 aliphatic rings. The van der Waals surface area contributed by atoms with Crippen molar-refractivity contribution < 1.29 is 0 Å². The minimum Gasteiger partial charge on any atom is -0.371 e. The van der Waals surface area contributed by atoms with Crippen molar-refractivity contribution in [3.05, 3.63) is 41.5 Å². The van der Waals surface area contributed by atoms with Crippen LogP contribution in [0.3, 0.4) is 0 Å². The lowest BCUT2D eigenvalue weighted by Crippen LogP contribution is -2.34. The maximum absolute atomic E-state index is 2.62. The Bertz CT molecular complexity index is 583. The molecule has 0 aromatic heterocycles. The molecule has 86 valence electrons. The van der Waals surface area contributed by atoms with Crippen molar-refractivity contribution in [2.75, 3.05) is 18.0 Å². The molecule has 0 saturated heterocycles. The standard InChI is InChI=1S/C16H17N/c1-2-7-14-12(5-1)11-13-6-3-9-17-10-4-8-15(14)16(13)17/h1-2,5,7,11H,3-4,6,8-10H2. The number of hydrogen-bond donors (Lipinski definition) is 0. The fourth-order valence-corrected chi connectivity index (χ4v) is 3.56. The molecule has 1 nitrogen and oxygen atoms in total. The molecule has 0 saturated carbocycles. The molecule has 0 bridgehead atoms. The number of fused-ring (bicyclic) bond motifs is 2. The fourth-order valence-electron chi connectivity index (χ4n) is 3.56. The van der Waals surface area contributed by atoms with E-state index < -0.39 is 0 Å². The zero-order valence-electron chi connectivity index (χ0n) is 10.1. The summed E-state index contributed by atoms with van der Waals surface area (Å²) < 4.78 is 0. The quantitative estimate of drug-likeness (QED) is 0.660. The zero-order valence-corrected chi connectivity index (χ0v) is 10.1. The Morgan fingerprint density at radius 3 is 2.71 bits per heavy atom. The van der Waals surface area contributed by atoms with E-state index in [9.17, 15) is 0 Å². The Hall–Kier alpha value is -1.50. The second kappa shape index (κ2) is 3.49. The number of nitrogens with zero attached hydrogens (tertiary/aromatic N) is 1. The minimum atomic E-state index is 1.26. The molecule has 17 heavy (non-hydrogen) atoms. The molecule has 0 atom stereocenters. The van der Waals surface area contributed by atoms with E-state index in [1.807, 2.05) is 0 Å². The topological polar surface area (TPSA) is 3.24 Å². The van der Waals surface area contributed by atoms with Gasteiger partial charge in [0.15, 0.2) is 0 Å². The summed E-state index contributed by atoms with van der Waals surface area (Å²) in [6.07, 6.45) is 5.18. The number of benzene rings is 2. The van der Waals surface area contributed by atoms with Crippen molar-refractivity contribution in [1.82, 2.24) is 0 Å². The molecule has 0 spiro atoms. The van der Waals surface area contributed by atoms with Gasteiger partial charge in [0, 0.05) is 18.8 Å². The first-order valence-corrected chi connectivity index (χ1v) is 6.72. The number of aryl methyl sites for hydroxylation is 2. The van der Waals surface area contributed by atoms with E-state index >= 15 is 0 Å². The highest BCUT2D eigenvalue weighted by Crippen LogP contribution is 2.39. The Labute approximate surface area is 102 Å². The molecule has 2 aliphatic heterocycles. The molecule has 0 fully saturated rings. The average Bonchev–Trinajstić information content (AvgIpc) is 2.39. The van der Waals surface area contributed by atoms with E-state index in [-0.39, 0.29) is 0 Å². The van der Waals surface area contributed by atoms with E-state index in [0.29, 0.717) is 0 Å². The molecule has 0 radical (unpaired) electrons. The first-order chi connectivity index (χ1) is 8.43. The van der Waals surface area contributed by atoms with Gasteiger partial charge in [-0.15, -0.1) is 0 Å². The summed E-state index contributed by atoms with van der Waals surface area (Å²) in [4.78, 5) is 2.62. The van der Waals surface area contributed by atoms with Gasteiger partial charge in [0.25, 0.3) is 0 Å². The third-order valence-electron chi connectivity index (χ3n) is 4.25. The molecule has 0 aliphatic carbocycles. The van der Waals surface area contributed by atoms with Crippen LogP contribution < -0.4 is 4.90 Å². The van der Waals surface area contributed by atoms with Crippen LogP contribution in [0, 0.1) is 0 Å². The van der Waals surface area contributed by atoms with Gasteiger partial charge in [-0.1, -0.05) is 24.3 Å². The predicted octanol–water partition coefficient (Wildman–Crippen LogP) is 3.54. The molecule has 2 aromatic rings. The highest BCUT2D eigenvalue weighted by Gasteiger charge is 2.24. The van der Waals surface area contributed by atoms with Gasteiger partial charge >= 0.3 is 0 Å². The minimum absolute atomic E-state index is 1.26. The molecule has 2 aromatic carbocycles. The van der Waals surface area contributed by atoms with E-state index in [1.54, 1.807) is 16.8 Å². The van der Waals surface area contributed by atoms with E-state index in [1.165, 1.54) is 49.5 Å². The highest BCUT2D eigenvalue weighted by atomic mass is 15.1. The van der Waals surface area contributed by atoms with Crippen LogP contribution in [0.1, 0.15) is 24.0 Å². The summed E-state index contributed by atoms with van der Waals surface area (Å²) in [5, 5.41) is 2.92. The molecule has 0 unspecified atom stereocenters. The molecule has 4 rings (SSSR count). The number of anilines is 1. The summed E-state index contributed by atoms with van der Waals surface area (Å²) in [5.74, 6) is 0. The average molecular weight is 223 g/mol. The third kappa shape index (κ3) is 1.32. The third-order valence-corrected chi connectivity index (χ3v) is 4.25. The fraction of sp³-hybridized carbons (Fsp3) is 0.375. The molecule has 2 heterocycles. The van der Waals surface area contributed by atoms with E-state index in [2.05, 4.69) is 35.2 Å². The molecular weight excluding hydrogens is 206 g/mol. The number of hydrogen-bond acceptors (Lipinski definition) is 1. The summed E-state index contributed by atoms with van der Waals surface area (Å²) in [6, 6.07) is 11.3. The van der Waals surface area contributed by atoms with Crippen molar-refractivity contribution in [3.63, 3.8) is 0 Å². The van der Waals surface area contributed by atoms with Crippen molar-refractivity contribution in [2.45, 2.75) is 25.7 Å². The maximum atomic E-state index is 2.62. The van der Waals surface area contributed by atoms with Gasteiger partial charge in [0.1, 0.15) is 0 Å². The summed E-state index contributed by atoms with van der Waals surface area (Å²) >= 11 is 0. The van der Waals surface area contributed by atoms with Crippen LogP contribution in [-0.2, 0) is 12.8 Å². The van der Waals surface area contributed by atoms with E-state index in [0.717, 1.165) is 0 Å². The molecule has 1 heteroatoms. The Kier molecular flexibility index (Phi) is 1.96. The van der Waals surface area contributed by atoms with Gasteiger partial charge in [-0.05, 0) is 53.6 Å². The van der Waals surface area contributed by atoms with Gasteiger partial charge in [-0.3, -0.25) is 0 Å². The van der Waals surface area contributed by atoms with Crippen molar-refractivity contribution in [1.29, 1.82) is 0 Å². The van der Waals surface area contributed by atoms with Crippen molar-refractivity contribution in [3.8, 4) is 0 Å². The molecule has 0 amide bonds. The van der Waals surface area contributed by atoms with Gasteiger partial charge in [-0.25, -0.2) is 0 Å². The van der Waals surface area contributed by atoms with Crippen LogP contribution in [0.2, 0.25) is 0 Å². The summed E-state index contributed by atoms with van der Waals surface area (Å²) in [6.45, 7) is 2.52. The monoisotopic (exact) mass is 223 g/mol. The van der Waals surface area contributed by atoms with Crippen molar-refractivity contribution >= 4 is 16.5 Å². The lowest BCUT2D eigenvalue weighted by molar-refractivity contribution is 0.637. The van der Waals surface area contributed by atoms with Gasteiger partial charge in [0.2, 0.25) is 0 Å². The van der Waals surface area contributed by atoms with Crippen LogP contribution in [-0.4, -0.2) is 13.1 Å². The van der Waals surface area contributed by atoms with Crippen LogP contribution in [0.25, 0.3) is 10.8 Å². The second-order valence-electron chi connectivity index (χ2n) is 5.28. The SMILES string of the molecule is c1ccc2c3c4c(cc2c1)CCCN4CCC3. The van der Waals surface area contributed by atoms with E-state index in [4.69, 9.17) is 0 Å². The Morgan fingerprint density at radius 1 is 0.941 bits per heavy atom. The zero-order chi connectivity index (χ0) is 11.2. The normalized spacial score (nSPS) is 18.2. The van der Waals surface area contributed by atoms with Crippen LogP contribution in [0.15, 0.2) is 30.3 Å². The molecule has 0 N–H and O–H groups in total. The first kappa shape index (κ1) is 9.52. The lowest BCUT2D eigenvalue weighted by Gasteiger charge is -2.37. The first-order valence-electron chi connectivity index (χ1n) is 6.72. The van der Waals surface area contributed by atoms with Gasteiger partial charge in [0.05, 0.1) is 0 Å². The van der Waals surface area contributed by atoms with Crippen LogP contribution in [0.4, 0.5) is 5.69 Å². The number of rotatable bonds is 0. The predicted molar refractivity (Wildman–Crippen MR) is 72.8 cm³/mol. The summed E-state index contributed by atoms with van der Waals surface area (Å²) in [7, 11) is 0. The van der Waals surface area contributed by atoms with Crippen molar-refractivity contribution in [2.24, 2.45) is 0 Å². The van der Waals surface area contributed by atoms with Crippen LogP contribution in [0.5, 0.6) is 0 Å². The maximum Gasteiger partial charge on any atom is 0.0437 e. The highest BCUT2D eigenvalue weighted by molar-refractivity contribution is 5.92. The van der Waals surface area contributed by atoms with Crippen LogP contribution >= 0.6 is 0 Å². The van der Waals surface area contributed by atoms with Gasteiger partial charge < -0.3 is 4.90 Å². The lowest BCUT2D eigenvalue weighted by atomic mass is 9.88. The smallest absolute Gasteiger partial charge is 0.0437 e. The second-order valence-corrected chi connectivity index (χ2v) is 5.28. The Morgan fingerprint density at radius 2 is 1.76 bits per heavy atom. The largest absolute Gasteiger partial charge is 0.371 e. The van der Waals surface area contributed by atoms with Gasteiger partial charge in [-0.2, -0.15) is 0 Å². The molecular formula is C16H17N. The Balaban J connectivity index is 2.10. The summed E-state index contributed by atoms with van der Waals surface area (Å²) in [5.41, 5.74) is 4.79.